The van der Waals surface area contributed by atoms with Gasteiger partial charge < -0.3 is 29.2 Å². The highest BCUT2D eigenvalue weighted by molar-refractivity contribution is 6.61. The van der Waals surface area contributed by atoms with Crippen LogP contribution in [0.4, 0.5) is 9.59 Å². The summed E-state index contributed by atoms with van der Waals surface area (Å²) < 4.78 is 19.1. The maximum Gasteiger partial charge on any atom is 0.411 e. The van der Waals surface area contributed by atoms with Crippen LogP contribution in [-0.2, 0) is 41.8 Å². The summed E-state index contributed by atoms with van der Waals surface area (Å²) in [5, 5.41) is 3.31. The molecule has 1 amide bonds. The SMILES string of the molecule is CCN(CC)CC.Cl.ClCCl.O=C(Cl)OCCl.O=C(OCc1ccccc1)[C@H]1CCCN1.O=C(OCc1ccccc1)[C@H]1CCCN1C(=O)OCCl. The minimum Gasteiger partial charge on any atom is -0.460 e. The molecule has 2 atom stereocenters. The number of likely N-dealkylation sites (tertiary alicyclic amines) is 1. The van der Waals surface area contributed by atoms with Crippen molar-refractivity contribution < 1.29 is 38.1 Å². The van der Waals surface area contributed by atoms with Crippen molar-refractivity contribution in [3.05, 3.63) is 71.8 Å². The molecule has 2 fully saturated rings. The molecule has 2 aliphatic heterocycles. The van der Waals surface area contributed by atoms with E-state index in [0.717, 1.165) is 36.9 Å². The zero-order valence-electron chi connectivity index (χ0n) is 29.8. The second-order valence-electron chi connectivity index (χ2n) is 10.4. The number of alkyl halides is 4. The van der Waals surface area contributed by atoms with Crippen LogP contribution >= 0.6 is 70.4 Å². The minimum absolute atomic E-state index is 0. The summed E-state index contributed by atoms with van der Waals surface area (Å²) in [6, 6.07) is 18.1. The van der Waals surface area contributed by atoms with Gasteiger partial charge in [-0.05, 0) is 63.0 Å². The molecule has 2 saturated heterocycles. The Morgan fingerprint density at radius 3 is 1.58 bits per heavy atom. The molecule has 2 aromatic rings. The number of benzene rings is 2. The number of hydrogen-bond acceptors (Lipinski definition) is 10. The van der Waals surface area contributed by atoms with Gasteiger partial charge in [0.2, 0.25) is 0 Å². The molecule has 4 rings (SSSR count). The van der Waals surface area contributed by atoms with Crippen LogP contribution < -0.4 is 5.32 Å². The van der Waals surface area contributed by atoms with Crippen molar-refractivity contribution in [2.24, 2.45) is 0 Å². The van der Waals surface area contributed by atoms with Crippen LogP contribution in [0.5, 0.6) is 0 Å². The molecule has 0 aliphatic carbocycles. The van der Waals surface area contributed by atoms with Gasteiger partial charge in [-0.15, -0.1) is 35.6 Å². The first-order chi connectivity index (χ1) is 24.6. The average molecular weight is 855 g/mol. The van der Waals surface area contributed by atoms with Gasteiger partial charge in [0.25, 0.3) is 0 Å². The maximum absolute atomic E-state index is 12.0. The number of nitrogens with one attached hydrogen (secondary N) is 1. The van der Waals surface area contributed by atoms with Gasteiger partial charge in [0.05, 0.1) is 5.34 Å². The summed E-state index contributed by atoms with van der Waals surface area (Å²) >= 11 is 24.4. The van der Waals surface area contributed by atoms with Crippen LogP contribution in [0.3, 0.4) is 0 Å². The van der Waals surface area contributed by atoms with Gasteiger partial charge >= 0.3 is 23.5 Å². The summed E-state index contributed by atoms with van der Waals surface area (Å²) in [5.74, 6) is -0.533. The summed E-state index contributed by atoms with van der Waals surface area (Å²) in [4.78, 5) is 48.5. The highest BCUT2D eigenvalue weighted by Gasteiger charge is 2.36. The van der Waals surface area contributed by atoms with Crippen molar-refractivity contribution in [1.82, 2.24) is 15.1 Å². The Balaban J connectivity index is 0. The Morgan fingerprint density at radius 1 is 0.731 bits per heavy atom. The number of nitrogens with zero attached hydrogens (tertiary/aromatic N) is 2. The lowest BCUT2D eigenvalue weighted by Crippen LogP contribution is -2.41. The largest absolute Gasteiger partial charge is 0.460 e. The van der Waals surface area contributed by atoms with Crippen molar-refractivity contribution in [3.63, 3.8) is 0 Å². The van der Waals surface area contributed by atoms with E-state index >= 15 is 0 Å². The number of halogens is 6. The molecule has 1 N–H and O–H groups in total. The van der Waals surface area contributed by atoms with E-state index in [1.54, 1.807) is 0 Å². The van der Waals surface area contributed by atoms with Crippen LogP contribution in [0.1, 0.15) is 57.6 Å². The molecule has 0 saturated carbocycles. The zero-order chi connectivity index (χ0) is 38.3. The van der Waals surface area contributed by atoms with Crippen molar-refractivity contribution in [3.8, 4) is 0 Å². The molecule has 0 spiro atoms. The van der Waals surface area contributed by atoms with E-state index in [0.29, 0.717) is 19.6 Å². The fourth-order valence-electron chi connectivity index (χ4n) is 4.61. The van der Waals surface area contributed by atoms with E-state index in [9.17, 15) is 19.2 Å². The Labute approximate surface area is 339 Å². The van der Waals surface area contributed by atoms with Crippen molar-refractivity contribution >= 4 is 93.9 Å². The molecule has 11 nitrogen and oxygen atoms in total. The van der Waals surface area contributed by atoms with Crippen LogP contribution in [0.25, 0.3) is 0 Å². The number of ether oxygens (including phenoxy) is 4. The topological polar surface area (TPSA) is 124 Å². The third-order valence-electron chi connectivity index (χ3n) is 7.24. The standard InChI is InChI=1S/C14H16ClNO4.C12H15NO2.C6H15N.C2H2Cl2O2.CH2Cl2.ClH/c15-10-20-14(18)16-8-4-7-12(16)13(17)19-9-11-5-2-1-3-6-11;14-12(11-7-4-8-13-11)15-9-10-5-2-1-3-6-10;1-4-7(5-2)6-3;3-1-6-2(4)5;2-1-3;/h1-3,5-6,12H,4,7-10H2;1-3,5-6,11,13H,4,7-9H2;4-6H2,1-3H3;1H2;1H2;1H/t12-;11-;;;;/m11..../s1. The molecule has 52 heavy (non-hydrogen) atoms. The third kappa shape index (κ3) is 24.9. The van der Waals surface area contributed by atoms with Crippen LogP contribution in [0.15, 0.2) is 60.7 Å². The van der Waals surface area contributed by atoms with E-state index in [-0.39, 0.29) is 48.5 Å². The van der Waals surface area contributed by atoms with E-state index in [4.69, 9.17) is 60.6 Å². The average Bonchev–Trinajstić information content (AvgIpc) is 3.87. The van der Waals surface area contributed by atoms with E-state index in [1.165, 1.54) is 24.5 Å². The Bertz CT molecular complexity index is 1190. The van der Waals surface area contributed by atoms with Gasteiger partial charge in [0.15, 0.2) is 12.1 Å². The first-order valence-electron chi connectivity index (χ1n) is 16.5. The number of hydrogen-bond donors (Lipinski definition) is 1. The number of amides is 1. The molecule has 2 aromatic carbocycles. The van der Waals surface area contributed by atoms with Gasteiger partial charge in [-0.1, -0.05) is 105 Å². The molecule has 17 heteroatoms. The molecular weight excluding hydrogens is 803 g/mol. The lowest BCUT2D eigenvalue weighted by Gasteiger charge is -2.22. The smallest absolute Gasteiger partial charge is 0.411 e. The van der Waals surface area contributed by atoms with Crippen molar-refractivity contribution in [2.45, 2.75) is 71.8 Å². The maximum atomic E-state index is 12.0. The fraction of sp³-hybridized carbons (Fsp3) is 0.543. The second-order valence-corrected chi connectivity index (χ2v) is 12.0. The Kier molecular flexibility index (Phi) is 34.5. The summed E-state index contributed by atoms with van der Waals surface area (Å²) in [6.45, 7) is 12.1. The molecule has 2 aliphatic rings. The van der Waals surface area contributed by atoms with Gasteiger partial charge in [0, 0.05) is 18.1 Å². The number of carbonyl (C=O) groups is 4. The van der Waals surface area contributed by atoms with Crippen LogP contribution in [-0.4, -0.2) is 95.5 Å². The lowest BCUT2D eigenvalue weighted by atomic mass is 10.2. The predicted octanol–water partition coefficient (Wildman–Crippen LogP) is 8.76. The Morgan fingerprint density at radius 2 is 1.21 bits per heavy atom. The number of esters is 2. The minimum atomic E-state index is -0.870. The number of carbonyl (C=O) groups excluding carboxylic acids is 4. The first kappa shape index (κ1) is 51.9. The zero-order valence-corrected chi connectivity index (χ0v) is 34.4. The van der Waals surface area contributed by atoms with Crippen LogP contribution in [0, 0.1) is 0 Å². The van der Waals surface area contributed by atoms with E-state index in [2.05, 4.69) is 47.3 Å². The van der Waals surface area contributed by atoms with E-state index < -0.39 is 23.5 Å². The molecule has 0 aromatic heterocycles. The summed E-state index contributed by atoms with van der Waals surface area (Å²) in [6.07, 6.45) is 2.73. The monoisotopic (exact) mass is 851 g/mol. The normalized spacial score (nSPS) is 15.3. The fourth-order valence-corrected chi connectivity index (χ4v) is 4.92. The first-order valence-corrected chi connectivity index (χ1v) is 19.0. The summed E-state index contributed by atoms with van der Waals surface area (Å²) in [7, 11) is 0. The van der Waals surface area contributed by atoms with Gasteiger partial charge in [-0.3, -0.25) is 9.69 Å². The number of rotatable bonds is 11. The van der Waals surface area contributed by atoms with Gasteiger partial charge in [0.1, 0.15) is 25.3 Å². The summed E-state index contributed by atoms with van der Waals surface area (Å²) in [5.41, 5.74) is 1.07. The van der Waals surface area contributed by atoms with Crippen molar-refractivity contribution in [2.75, 3.05) is 50.2 Å². The molecule has 296 valence electrons. The third-order valence-corrected chi connectivity index (χ3v) is 7.57. The van der Waals surface area contributed by atoms with Crippen molar-refractivity contribution in [1.29, 1.82) is 0 Å². The van der Waals surface area contributed by atoms with Gasteiger partial charge in [-0.25, -0.2) is 14.4 Å². The highest BCUT2D eigenvalue weighted by atomic mass is 35.5. The molecule has 2 heterocycles. The van der Waals surface area contributed by atoms with E-state index in [1.807, 2.05) is 60.7 Å². The molecule has 0 unspecified atom stereocenters. The Hall–Kier alpha value is -2.22. The lowest BCUT2D eigenvalue weighted by molar-refractivity contribution is -0.150. The quantitative estimate of drug-likeness (QED) is 0.102. The van der Waals surface area contributed by atoms with Gasteiger partial charge in [-0.2, -0.15) is 0 Å². The highest BCUT2D eigenvalue weighted by Crippen LogP contribution is 2.20. The van der Waals surface area contributed by atoms with Crippen LogP contribution in [0.2, 0.25) is 0 Å². The molecular formula is C35H51Cl6N3O8. The second kappa shape index (κ2) is 34.5. The molecule has 0 radical (unpaired) electrons. The predicted molar refractivity (Wildman–Crippen MR) is 211 cm³/mol. The molecule has 0 bridgehead atoms.